The summed E-state index contributed by atoms with van der Waals surface area (Å²) in [4.78, 5) is 0. The number of allylic oxidation sites excluding steroid dienone is 1. The largest absolute Gasteiger partial charge is 0.392 e. The van der Waals surface area contributed by atoms with Crippen molar-refractivity contribution >= 4 is 0 Å². The standard InChI is InChI=1S/C12H22O/c1-2-3-4-7-11-10-12(11)8-5-6-9-13/h5-6,11-13H,2-4,7-10H2,1H3/b6-5-/t11-,12+/m0/s1. The molecule has 1 aliphatic carbocycles. The van der Waals surface area contributed by atoms with E-state index in [0.717, 1.165) is 11.8 Å². The van der Waals surface area contributed by atoms with Crippen molar-refractivity contribution < 1.29 is 5.11 Å². The van der Waals surface area contributed by atoms with Gasteiger partial charge >= 0.3 is 0 Å². The van der Waals surface area contributed by atoms with Gasteiger partial charge in [-0.3, -0.25) is 0 Å². The molecule has 1 rings (SSSR count). The maximum absolute atomic E-state index is 8.55. The van der Waals surface area contributed by atoms with E-state index >= 15 is 0 Å². The van der Waals surface area contributed by atoms with E-state index in [4.69, 9.17) is 5.11 Å². The number of unbranched alkanes of at least 4 members (excludes halogenated alkanes) is 2. The molecule has 1 N–H and O–H groups in total. The highest BCUT2D eigenvalue weighted by Gasteiger charge is 2.34. The zero-order valence-electron chi connectivity index (χ0n) is 8.71. The Labute approximate surface area is 81.9 Å². The first-order valence-electron chi connectivity index (χ1n) is 5.64. The Morgan fingerprint density at radius 2 is 2.08 bits per heavy atom. The van der Waals surface area contributed by atoms with Crippen LogP contribution >= 0.6 is 0 Å². The quantitative estimate of drug-likeness (QED) is 0.473. The summed E-state index contributed by atoms with van der Waals surface area (Å²) in [6, 6.07) is 0. The minimum absolute atomic E-state index is 0.202. The first-order valence-corrected chi connectivity index (χ1v) is 5.64. The Balaban J connectivity index is 1.93. The van der Waals surface area contributed by atoms with Crippen molar-refractivity contribution in [2.45, 2.75) is 45.4 Å². The van der Waals surface area contributed by atoms with Crippen molar-refractivity contribution in [3.63, 3.8) is 0 Å². The topological polar surface area (TPSA) is 20.2 Å². The fraction of sp³-hybridized carbons (Fsp3) is 0.833. The van der Waals surface area contributed by atoms with Crippen LogP contribution in [0.1, 0.15) is 45.4 Å². The Hall–Kier alpha value is -0.300. The van der Waals surface area contributed by atoms with Crippen molar-refractivity contribution in [2.75, 3.05) is 6.61 Å². The predicted molar refractivity (Wildman–Crippen MR) is 56.6 cm³/mol. The third-order valence-electron chi connectivity index (χ3n) is 2.96. The molecule has 0 amide bonds. The summed E-state index contributed by atoms with van der Waals surface area (Å²) in [5.41, 5.74) is 0. The number of rotatable bonds is 7. The lowest BCUT2D eigenvalue weighted by molar-refractivity contribution is 0.342. The molecule has 0 unspecified atom stereocenters. The zero-order chi connectivity index (χ0) is 9.52. The summed E-state index contributed by atoms with van der Waals surface area (Å²) in [7, 11) is 0. The Morgan fingerprint density at radius 3 is 2.77 bits per heavy atom. The first-order chi connectivity index (χ1) is 6.38. The van der Waals surface area contributed by atoms with Gasteiger partial charge in [0.2, 0.25) is 0 Å². The van der Waals surface area contributed by atoms with Crippen LogP contribution in [0.15, 0.2) is 12.2 Å². The molecule has 0 aromatic rings. The van der Waals surface area contributed by atoms with Gasteiger partial charge in [0.1, 0.15) is 0 Å². The molecule has 1 saturated carbocycles. The molecule has 0 heterocycles. The van der Waals surface area contributed by atoms with E-state index in [-0.39, 0.29) is 6.61 Å². The fourth-order valence-electron chi connectivity index (χ4n) is 1.95. The number of aliphatic hydroxyl groups is 1. The molecular formula is C12H22O. The van der Waals surface area contributed by atoms with Gasteiger partial charge in [0.15, 0.2) is 0 Å². The predicted octanol–water partition coefficient (Wildman–Crippen LogP) is 3.14. The Bertz CT molecular complexity index is 151. The lowest BCUT2D eigenvalue weighted by Crippen LogP contribution is -1.83. The average molecular weight is 182 g/mol. The molecule has 13 heavy (non-hydrogen) atoms. The van der Waals surface area contributed by atoms with Crippen molar-refractivity contribution in [1.29, 1.82) is 0 Å². The van der Waals surface area contributed by atoms with E-state index in [0.29, 0.717) is 0 Å². The number of hydrogen-bond donors (Lipinski definition) is 1. The van der Waals surface area contributed by atoms with Crippen molar-refractivity contribution in [3.05, 3.63) is 12.2 Å². The van der Waals surface area contributed by atoms with Crippen LogP contribution in [0.5, 0.6) is 0 Å². The maximum Gasteiger partial charge on any atom is 0.0612 e. The van der Waals surface area contributed by atoms with Crippen LogP contribution in [-0.4, -0.2) is 11.7 Å². The molecule has 0 spiro atoms. The van der Waals surface area contributed by atoms with Gasteiger partial charge in [0, 0.05) is 0 Å². The van der Waals surface area contributed by atoms with Crippen molar-refractivity contribution in [3.8, 4) is 0 Å². The van der Waals surface area contributed by atoms with Gasteiger partial charge in [-0.15, -0.1) is 0 Å². The number of aliphatic hydroxyl groups excluding tert-OH is 1. The zero-order valence-corrected chi connectivity index (χ0v) is 8.71. The van der Waals surface area contributed by atoms with E-state index in [1.54, 1.807) is 0 Å². The highest BCUT2D eigenvalue weighted by atomic mass is 16.2. The third kappa shape index (κ3) is 4.47. The van der Waals surface area contributed by atoms with Crippen LogP contribution in [0.2, 0.25) is 0 Å². The highest BCUT2D eigenvalue weighted by Crippen LogP contribution is 2.44. The second kappa shape index (κ2) is 6.20. The van der Waals surface area contributed by atoms with E-state index in [2.05, 4.69) is 13.0 Å². The lowest BCUT2D eigenvalue weighted by atomic mass is 10.1. The average Bonchev–Trinajstić information content (AvgIpc) is 2.85. The normalized spacial score (nSPS) is 26.9. The first kappa shape index (κ1) is 10.8. The molecule has 2 atom stereocenters. The highest BCUT2D eigenvalue weighted by molar-refractivity contribution is 4.93. The minimum atomic E-state index is 0.202. The van der Waals surface area contributed by atoms with E-state index in [9.17, 15) is 0 Å². The summed E-state index contributed by atoms with van der Waals surface area (Å²) in [5, 5.41) is 8.55. The summed E-state index contributed by atoms with van der Waals surface area (Å²) in [6.45, 7) is 2.46. The van der Waals surface area contributed by atoms with Crippen LogP contribution in [0, 0.1) is 11.8 Å². The van der Waals surface area contributed by atoms with E-state index in [1.165, 1.54) is 38.5 Å². The third-order valence-corrected chi connectivity index (χ3v) is 2.96. The van der Waals surface area contributed by atoms with E-state index < -0.39 is 0 Å². The maximum atomic E-state index is 8.55. The van der Waals surface area contributed by atoms with Gasteiger partial charge in [-0.1, -0.05) is 44.8 Å². The van der Waals surface area contributed by atoms with Gasteiger partial charge in [-0.25, -0.2) is 0 Å². The van der Waals surface area contributed by atoms with Crippen LogP contribution in [0.3, 0.4) is 0 Å². The molecule has 0 radical (unpaired) electrons. The summed E-state index contributed by atoms with van der Waals surface area (Å²) >= 11 is 0. The van der Waals surface area contributed by atoms with Crippen LogP contribution < -0.4 is 0 Å². The van der Waals surface area contributed by atoms with Crippen molar-refractivity contribution in [1.82, 2.24) is 0 Å². The van der Waals surface area contributed by atoms with Gasteiger partial charge in [0.05, 0.1) is 6.61 Å². The van der Waals surface area contributed by atoms with Gasteiger partial charge < -0.3 is 5.11 Å². The van der Waals surface area contributed by atoms with Gasteiger partial charge in [-0.2, -0.15) is 0 Å². The molecule has 1 heteroatoms. The van der Waals surface area contributed by atoms with Crippen LogP contribution in [0.4, 0.5) is 0 Å². The van der Waals surface area contributed by atoms with Gasteiger partial charge in [0.25, 0.3) is 0 Å². The minimum Gasteiger partial charge on any atom is -0.392 e. The van der Waals surface area contributed by atoms with Crippen LogP contribution in [-0.2, 0) is 0 Å². The van der Waals surface area contributed by atoms with Crippen LogP contribution in [0.25, 0.3) is 0 Å². The molecule has 1 fully saturated rings. The SMILES string of the molecule is CCCCC[C@H]1C[C@H]1C/C=C\CO. The molecule has 1 aliphatic rings. The Morgan fingerprint density at radius 1 is 1.23 bits per heavy atom. The second-order valence-corrected chi connectivity index (χ2v) is 4.14. The molecule has 1 nitrogen and oxygen atoms in total. The molecule has 0 saturated heterocycles. The lowest BCUT2D eigenvalue weighted by Gasteiger charge is -1.96. The number of hydrogen-bond acceptors (Lipinski definition) is 1. The molecule has 0 aliphatic heterocycles. The summed E-state index contributed by atoms with van der Waals surface area (Å²) < 4.78 is 0. The molecule has 0 aromatic heterocycles. The molecular weight excluding hydrogens is 160 g/mol. The van der Waals surface area contributed by atoms with Crippen molar-refractivity contribution in [2.24, 2.45) is 11.8 Å². The molecule has 76 valence electrons. The Kier molecular flexibility index (Phi) is 5.14. The second-order valence-electron chi connectivity index (χ2n) is 4.14. The summed E-state index contributed by atoms with van der Waals surface area (Å²) in [5.74, 6) is 1.95. The molecule has 0 aromatic carbocycles. The molecule has 0 bridgehead atoms. The smallest absolute Gasteiger partial charge is 0.0612 e. The summed E-state index contributed by atoms with van der Waals surface area (Å²) in [6.07, 6.45) is 12.2. The monoisotopic (exact) mass is 182 g/mol. The van der Waals surface area contributed by atoms with E-state index in [1.807, 2.05) is 6.08 Å². The van der Waals surface area contributed by atoms with Gasteiger partial charge in [-0.05, 0) is 24.7 Å². The fourth-order valence-corrected chi connectivity index (χ4v) is 1.95.